The van der Waals surface area contributed by atoms with E-state index in [1.54, 1.807) is 29.6 Å². The molecule has 220 valence electrons. The minimum absolute atomic E-state index is 0.0882. The van der Waals surface area contributed by atoms with Crippen molar-refractivity contribution in [3.63, 3.8) is 0 Å². The number of fused-ring (bicyclic) bond motifs is 2. The second kappa shape index (κ2) is 10.4. The quantitative estimate of drug-likeness (QED) is 0.472. The van der Waals surface area contributed by atoms with E-state index in [2.05, 4.69) is 10.3 Å². The van der Waals surface area contributed by atoms with Crippen LogP contribution >= 0.6 is 11.6 Å². The van der Waals surface area contributed by atoms with E-state index in [1.165, 1.54) is 25.7 Å². The molecule has 9 nitrogen and oxygen atoms in total. The summed E-state index contributed by atoms with van der Waals surface area (Å²) >= 11 is 6.05. The van der Waals surface area contributed by atoms with Crippen molar-refractivity contribution in [3.8, 4) is 6.07 Å². The summed E-state index contributed by atoms with van der Waals surface area (Å²) in [6, 6.07) is 4.72. The molecule has 13 heteroatoms. The Hall–Kier alpha value is -3.59. The molecule has 2 aliphatic rings. The van der Waals surface area contributed by atoms with Crippen LogP contribution in [0.4, 0.5) is 13.2 Å². The monoisotopic (exact) mass is 593 g/mol. The van der Waals surface area contributed by atoms with Gasteiger partial charge in [0.15, 0.2) is 0 Å². The number of pyridine rings is 1. The van der Waals surface area contributed by atoms with Crippen LogP contribution in [0.1, 0.15) is 40.2 Å². The van der Waals surface area contributed by atoms with Crippen LogP contribution in [0.25, 0.3) is 10.9 Å². The zero-order valence-electron chi connectivity index (χ0n) is 23.1. The lowest BCUT2D eigenvalue weighted by atomic mass is 9.85. The van der Waals surface area contributed by atoms with Crippen molar-refractivity contribution in [1.82, 2.24) is 20.5 Å². The number of halogens is 4. The fraction of sp³-hybridized carbons (Fsp3) is 0.536. The molecule has 2 aromatic rings. The molecule has 5 atom stereocenters. The van der Waals surface area contributed by atoms with Crippen molar-refractivity contribution >= 4 is 40.2 Å². The average molecular weight is 594 g/mol. The first-order valence-electron chi connectivity index (χ1n) is 13.1. The standard InChI is InChI=1S/C28H31ClF3N5O4/c1-26(2,3)21(36-25(41)28(30,31)32)24(40)37-12-17-19(27(17,4)5)20(37)23(39)34-16(11-33)10-14-8-13-9-15(29)6-7-18(13)35-22(14)38/h6-9,16-17,19-21H,10,12H2,1-5H3,(H,34,39)(H,35,38)(H,36,41)/t16?,17-,19+,20-,21+/m0/s1. The molecule has 1 saturated carbocycles. The molecule has 0 radical (unpaired) electrons. The summed E-state index contributed by atoms with van der Waals surface area (Å²) < 4.78 is 39.1. The van der Waals surface area contributed by atoms with Gasteiger partial charge in [-0.25, -0.2) is 0 Å². The van der Waals surface area contributed by atoms with Crippen LogP contribution in [0.5, 0.6) is 0 Å². The summed E-state index contributed by atoms with van der Waals surface area (Å²) in [6.07, 6.45) is -5.33. The third-order valence-corrected chi connectivity index (χ3v) is 8.42. The molecule has 0 spiro atoms. The predicted molar refractivity (Wildman–Crippen MR) is 145 cm³/mol. The molecule has 3 amide bonds. The molecule has 1 aromatic carbocycles. The van der Waals surface area contributed by atoms with Crippen molar-refractivity contribution < 1.29 is 27.6 Å². The van der Waals surface area contributed by atoms with Gasteiger partial charge in [-0.15, -0.1) is 0 Å². The number of nitrogens with zero attached hydrogens (tertiary/aromatic N) is 2. The number of carbonyl (C=O) groups is 3. The highest BCUT2D eigenvalue weighted by molar-refractivity contribution is 6.31. The Morgan fingerprint density at radius 1 is 1.20 bits per heavy atom. The van der Waals surface area contributed by atoms with Gasteiger partial charge in [0.1, 0.15) is 18.1 Å². The molecule has 1 aromatic heterocycles. The van der Waals surface area contributed by atoms with Crippen LogP contribution in [-0.2, 0) is 20.8 Å². The molecule has 4 rings (SSSR count). The number of rotatable bonds is 6. The first kappa shape index (κ1) is 30.4. The third kappa shape index (κ3) is 5.91. The lowest BCUT2D eigenvalue weighted by Crippen LogP contribution is -2.61. The second-order valence-electron chi connectivity index (χ2n) is 12.4. The van der Waals surface area contributed by atoms with Crippen LogP contribution in [0.3, 0.4) is 0 Å². The van der Waals surface area contributed by atoms with Gasteiger partial charge in [-0.2, -0.15) is 18.4 Å². The van der Waals surface area contributed by atoms with E-state index >= 15 is 0 Å². The van der Waals surface area contributed by atoms with Crippen LogP contribution in [-0.4, -0.2) is 58.5 Å². The number of carbonyl (C=O) groups excluding carboxylic acids is 3. The number of hydrogen-bond acceptors (Lipinski definition) is 5. The molecular formula is C28H31ClF3N5O4. The molecule has 1 unspecified atom stereocenters. The summed E-state index contributed by atoms with van der Waals surface area (Å²) in [4.78, 5) is 55.6. The number of benzene rings is 1. The Morgan fingerprint density at radius 2 is 1.85 bits per heavy atom. The number of nitrogens with one attached hydrogen (secondary N) is 3. The Balaban J connectivity index is 1.58. The van der Waals surface area contributed by atoms with Crippen LogP contribution < -0.4 is 16.2 Å². The van der Waals surface area contributed by atoms with E-state index in [-0.39, 0.29) is 35.8 Å². The van der Waals surface area contributed by atoms with E-state index in [4.69, 9.17) is 11.6 Å². The Labute approximate surface area is 239 Å². The molecule has 3 N–H and O–H groups in total. The molecule has 41 heavy (non-hydrogen) atoms. The number of aromatic nitrogens is 1. The van der Waals surface area contributed by atoms with E-state index in [1.807, 2.05) is 19.9 Å². The molecule has 1 aliphatic heterocycles. The zero-order chi connectivity index (χ0) is 30.7. The SMILES string of the molecule is CC(C)(C)[C@H](NC(=O)C(F)(F)F)C(=O)N1C[C@H]2[C@H]([C@H]1C(=O)NC(C#N)Cc1cc3cc(Cl)ccc3[nH]c1=O)C2(C)C. The topological polar surface area (TPSA) is 135 Å². The van der Waals surface area contributed by atoms with Crippen molar-refractivity contribution in [3.05, 3.63) is 45.2 Å². The first-order valence-corrected chi connectivity index (χ1v) is 13.4. The lowest BCUT2D eigenvalue weighted by molar-refractivity contribution is -0.176. The van der Waals surface area contributed by atoms with Gasteiger partial charge >= 0.3 is 12.1 Å². The number of alkyl halides is 3. The number of piperidine rings is 1. The van der Waals surface area contributed by atoms with Gasteiger partial charge in [0.05, 0.1) is 6.07 Å². The number of likely N-dealkylation sites (tertiary alicyclic amines) is 1. The van der Waals surface area contributed by atoms with Crippen molar-refractivity contribution in [2.24, 2.45) is 22.7 Å². The summed E-state index contributed by atoms with van der Waals surface area (Å²) in [7, 11) is 0. The number of hydrogen-bond donors (Lipinski definition) is 3. The molecule has 0 bridgehead atoms. The summed E-state index contributed by atoms with van der Waals surface area (Å²) in [5.74, 6) is -4.10. The van der Waals surface area contributed by atoms with Gasteiger partial charge in [0, 0.05) is 29.1 Å². The average Bonchev–Trinajstić information content (AvgIpc) is 3.19. The highest BCUT2D eigenvalue weighted by Crippen LogP contribution is 2.65. The first-order chi connectivity index (χ1) is 18.9. The summed E-state index contributed by atoms with van der Waals surface area (Å²) in [6.45, 7) is 8.52. The van der Waals surface area contributed by atoms with Gasteiger partial charge in [0.2, 0.25) is 11.8 Å². The molecule has 2 fully saturated rings. The fourth-order valence-electron chi connectivity index (χ4n) is 5.82. The molecule has 2 heterocycles. The van der Waals surface area contributed by atoms with Gasteiger partial charge in [0.25, 0.3) is 5.56 Å². The molecular weight excluding hydrogens is 563 g/mol. The maximum absolute atomic E-state index is 13.6. The molecule has 1 aliphatic carbocycles. The molecule has 1 saturated heterocycles. The number of amides is 3. The van der Waals surface area contributed by atoms with Crippen LogP contribution in [0.2, 0.25) is 5.02 Å². The highest BCUT2D eigenvalue weighted by Gasteiger charge is 2.70. The Morgan fingerprint density at radius 3 is 2.44 bits per heavy atom. The third-order valence-electron chi connectivity index (χ3n) is 8.19. The maximum atomic E-state index is 13.6. The second-order valence-corrected chi connectivity index (χ2v) is 12.8. The van der Waals surface area contributed by atoms with E-state index in [9.17, 15) is 37.6 Å². The maximum Gasteiger partial charge on any atom is 0.471 e. The summed E-state index contributed by atoms with van der Waals surface area (Å²) in [5, 5.41) is 15.3. The summed E-state index contributed by atoms with van der Waals surface area (Å²) in [5.41, 5.74) is -1.07. The van der Waals surface area contributed by atoms with Crippen molar-refractivity contribution in [1.29, 1.82) is 5.26 Å². The van der Waals surface area contributed by atoms with Crippen LogP contribution in [0, 0.1) is 34.0 Å². The number of H-pyrrole nitrogens is 1. The zero-order valence-corrected chi connectivity index (χ0v) is 23.9. The number of aromatic amines is 1. The largest absolute Gasteiger partial charge is 0.471 e. The predicted octanol–water partition coefficient (Wildman–Crippen LogP) is 3.31. The lowest BCUT2D eigenvalue weighted by Gasteiger charge is -2.37. The van der Waals surface area contributed by atoms with Gasteiger partial charge in [-0.05, 0) is 52.3 Å². The minimum Gasteiger partial charge on any atom is -0.338 e. The fourth-order valence-corrected chi connectivity index (χ4v) is 6.00. The van der Waals surface area contributed by atoms with Crippen molar-refractivity contribution in [2.45, 2.75) is 65.3 Å². The van der Waals surface area contributed by atoms with Gasteiger partial charge < -0.3 is 20.5 Å². The Bertz CT molecular complexity index is 1510. The highest BCUT2D eigenvalue weighted by atomic mass is 35.5. The van der Waals surface area contributed by atoms with Crippen LogP contribution in [0.15, 0.2) is 29.1 Å². The smallest absolute Gasteiger partial charge is 0.338 e. The van der Waals surface area contributed by atoms with E-state index in [0.717, 1.165) is 0 Å². The Kier molecular flexibility index (Phi) is 7.67. The van der Waals surface area contributed by atoms with Gasteiger partial charge in [-0.3, -0.25) is 19.2 Å². The minimum atomic E-state index is -5.19. The van der Waals surface area contributed by atoms with E-state index in [0.29, 0.717) is 15.9 Å². The normalized spacial score (nSPS) is 22.8. The van der Waals surface area contributed by atoms with E-state index < -0.39 is 53.0 Å². The van der Waals surface area contributed by atoms with Gasteiger partial charge in [-0.1, -0.05) is 46.2 Å². The van der Waals surface area contributed by atoms with Crippen molar-refractivity contribution in [2.75, 3.05) is 6.54 Å². The number of nitriles is 1.